The van der Waals surface area contributed by atoms with Gasteiger partial charge in [-0.15, -0.1) is 0 Å². The van der Waals surface area contributed by atoms with Crippen molar-refractivity contribution in [3.8, 4) is 0 Å². The first-order chi connectivity index (χ1) is 12.1. The van der Waals surface area contributed by atoms with Gasteiger partial charge in [-0.25, -0.2) is 0 Å². The Balaban J connectivity index is 1.45. The molecule has 6 nitrogen and oxygen atoms in total. The molecule has 0 aliphatic carbocycles. The molecule has 138 valence electrons. The second kappa shape index (κ2) is 8.72. The van der Waals surface area contributed by atoms with E-state index in [1.807, 2.05) is 31.4 Å². The number of ether oxygens (including phenoxy) is 1. The second-order valence-corrected chi connectivity index (χ2v) is 7.56. The number of nitrogens with zero attached hydrogens (tertiary/aromatic N) is 4. The van der Waals surface area contributed by atoms with Gasteiger partial charge in [-0.1, -0.05) is 0 Å². The molecule has 2 fully saturated rings. The van der Waals surface area contributed by atoms with Crippen LogP contribution in [0.1, 0.15) is 43.5 Å². The average Bonchev–Trinajstić information content (AvgIpc) is 2.64. The summed E-state index contributed by atoms with van der Waals surface area (Å²) in [5, 5.41) is 0. The van der Waals surface area contributed by atoms with Gasteiger partial charge in [-0.3, -0.25) is 14.8 Å². The summed E-state index contributed by atoms with van der Waals surface area (Å²) in [6.07, 6.45) is 9.71. The molecule has 25 heavy (non-hydrogen) atoms. The summed E-state index contributed by atoms with van der Waals surface area (Å²) in [7, 11) is 4.06. The van der Waals surface area contributed by atoms with Gasteiger partial charge in [0.15, 0.2) is 0 Å². The summed E-state index contributed by atoms with van der Waals surface area (Å²) in [4.78, 5) is 25.7. The molecule has 1 amide bonds. The smallest absolute Gasteiger partial charge is 0.251 e. The molecule has 0 spiro atoms. The molecule has 0 radical (unpaired) electrons. The van der Waals surface area contributed by atoms with Crippen molar-refractivity contribution in [1.29, 1.82) is 0 Å². The van der Waals surface area contributed by atoms with Crippen LogP contribution in [0.2, 0.25) is 0 Å². The number of aromatic nitrogens is 2. The van der Waals surface area contributed by atoms with Gasteiger partial charge >= 0.3 is 0 Å². The lowest BCUT2D eigenvalue weighted by Crippen LogP contribution is -2.45. The van der Waals surface area contributed by atoms with Gasteiger partial charge in [-0.05, 0) is 58.5 Å². The van der Waals surface area contributed by atoms with E-state index in [0.29, 0.717) is 5.92 Å². The van der Waals surface area contributed by atoms with Crippen molar-refractivity contribution in [2.75, 3.05) is 33.8 Å². The standard InChI is InChI=1S/C19H30N4O2/c1-22(2)14-17-13-20-16(12-21-17)11-15-6-8-23(9-7-15)19(24)18-5-3-4-10-25-18/h12-13,15,18H,3-11,14H2,1-2H3. The van der Waals surface area contributed by atoms with Crippen LogP contribution in [0.5, 0.6) is 0 Å². The monoisotopic (exact) mass is 346 g/mol. The molecule has 3 heterocycles. The fourth-order valence-electron chi connectivity index (χ4n) is 3.68. The summed E-state index contributed by atoms with van der Waals surface area (Å²) in [6.45, 7) is 3.23. The first-order valence-electron chi connectivity index (χ1n) is 9.46. The van der Waals surface area contributed by atoms with Crippen molar-refractivity contribution in [2.45, 2.75) is 51.2 Å². The van der Waals surface area contributed by atoms with Gasteiger partial charge in [0, 0.05) is 32.4 Å². The molecule has 2 saturated heterocycles. The van der Waals surface area contributed by atoms with E-state index < -0.39 is 0 Å². The number of rotatable bonds is 5. The molecule has 1 atom stereocenters. The summed E-state index contributed by atoms with van der Waals surface area (Å²) in [5.41, 5.74) is 2.06. The SMILES string of the molecule is CN(C)Cc1cnc(CC2CCN(C(=O)C3CCCCO3)CC2)cn1. The number of carbonyl (C=O) groups is 1. The molecule has 1 unspecified atom stereocenters. The van der Waals surface area contributed by atoms with Crippen LogP contribution in [0.15, 0.2) is 12.4 Å². The maximum Gasteiger partial charge on any atom is 0.251 e. The van der Waals surface area contributed by atoms with E-state index in [4.69, 9.17) is 4.74 Å². The van der Waals surface area contributed by atoms with Crippen LogP contribution in [-0.2, 0) is 22.5 Å². The zero-order valence-corrected chi connectivity index (χ0v) is 15.5. The van der Waals surface area contributed by atoms with Crippen LogP contribution in [0.3, 0.4) is 0 Å². The number of hydrogen-bond acceptors (Lipinski definition) is 5. The summed E-state index contributed by atoms with van der Waals surface area (Å²) < 4.78 is 5.64. The highest BCUT2D eigenvalue weighted by atomic mass is 16.5. The first kappa shape index (κ1) is 18.3. The zero-order chi connectivity index (χ0) is 17.6. The Kier molecular flexibility index (Phi) is 6.37. The average molecular weight is 346 g/mol. The van der Waals surface area contributed by atoms with Gasteiger partial charge in [0.1, 0.15) is 6.10 Å². The lowest BCUT2D eigenvalue weighted by atomic mass is 9.92. The molecule has 1 aromatic heterocycles. The predicted molar refractivity (Wildman–Crippen MR) is 96.0 cm³/mol. The maximum atomic E-state index is 12.5. The van der Waals surface area contributed by atoms with Crippen molar-refractivity contribution >= 4 is 5.91 Å². The topological polar surface area (TPSA) is 58.6 Å². The molecule has 0 saturated carbocycles. The van der Waals surface area contributed by atoms with E-state index in [9.17, 15) is 4.79 Å². The lowest BCUT2D eigenvalue weighted by Gasteiger charge is -2.35. The predicted octanol–water partition coefficient (Wildman–Crippen LogP) is 1.89. The van der Waals surface area contributed by atoms with Crippen LogP contribution in [0.4, 0.5) is 0 Å². The van der Waals surface area contributed by atoms with Crippen LogP contribution in [0.25, 0.3) is 0 Å². The van der Waals surface area contributed by atoms with Crippen molar-refractivity contribution < 1.29 is 9.53 Å². The highest BCUT2D eigenvalue weighted by Crippen LogP contribution is 2.23. The summed E-state index contributed by atoms with van der Waals surface area (Å²) >= 11 is 0. The van der Waals surface area contributed by atoms with Crippen LogP contribution in [0, 0.1) is 5.92 Å². The van der Waals surface area contributed by atoms with E-state index in [1.54, 1.807) is 0 Å². The van der Waals surface area contributed by atoms with Crippen LogP contribution < -0.4 is 0 Å². The van der Waals surface area contributed by atoms with Crippen LogP contribution in [-0.4, -0.2) is 65.6 Å². The Bertz CT molecular complexity index is 547. The van der Waals surface area contributed by atoms with Gasteiger partial charge in [0.2, 0.25) is 0 Å². The Morgan fingerprint density at radius 2 is 1.88 bits per heavy atom. The lowest BCUT2D eigenvalue weighted by molar-refractivity contribution is -0.147. The molecular weight excluding hydrogens is 316 g/mol. The third-order valence-corrected chi connectivity index (χ3v) is 5.12. The first-order valence-corrected chi connectivity index (χ1v) is 9.46. The van der Waals surface area contributed by atoms with Crippen LogP contribution >= 0.6 is 0 Å². The number of likely N-dealkylation sites (tertiary alicyclic amines) is 1. The molecule has 2 aliphatic rings. The summed E-state index contributed by atoms with van der Waals surface area (Å²) in [6, 6.07) is 0. The minimum absolute atomic E-state index is 0.194. The van der Waals surface area contributed by atoms with Gasteiger partial charge in [0.05, 0.1) is 17.6 Å². The third kappa shape index (κ3) is 5.22. The maximum absolute atomic E-state index is 12.5. The third-order valence-electron chi connectivity index (χ3n) is 5.12. The highest BCUT2D eigenvalue weighted by Gasteiger charge is 2.30. The van der Waals surface area contributed by atoms with E-state index in [-0.39, 0.29) is 12.0 Å². The molecular formula is C19H30N4O2. The van der Waals surface area contributed by atoms with Crippen molar-refractivity contribution in [2.24, 2.45) is 5.92 Å². The van der Waals surface area contributed by atoms with Crippen molar-refractivity contribution in [1.82, 2.24) is 19.8 Å². The molecule has 3 rings (SSSR count). The number of piperidine rings is 1. The Morgan fingerprint density at radius 1 is 1.16 bits per heavy atom. The molecule has 6 heteroatoms. The molecule has 0 N–H and O–H groups in total. The minimum Gasteiger partial charge on any atom is -0.368 e. The Morgan fingerprint density at radius 3 is 2.48 bits per heavy atom. The van der Waals surface area contributed by atoms with E-state index in [2.05, 4.69) is 14.9 Å². The van der Waals surface area contributed by atoms with E-state index >= 15 is 0 Å². The van der Waals surface area contributed by atoms with E-state index in [0.717, 1.165) is 76.2 Å². The Labute approximate surface area is 150 Å². The molecule has 2 aliphatic heterocycles. The molecule has 1 aromatic rings. The normalized spacial score (nSPS) is 22.4. The fourth-order valence-corrected chi connectivity index (χ4v) is 3.68. The minimum atomic E-state index is -0.194. The van der Waals surface area contributed by atoms with Gasteiger partial charge in [-0.2, -0.15) is 0 Å². The van der Waals surface area contributed by atoms with E-state index in [1.165, 1.54) is 0 Å². The number of hydrogen-bond donors (Lipinski definition) is 0. The summed E-state index contributed by atoms with van der Waals surface area (Å²) in [5.74, 6) is 0.788. The second-order valence-electron chi connectivity index (χ2n) is 7.56. The number of amides is 1. The Hall–Kier alpha value is -1.53. The zero-order valence-electron chi connectivity index (χ0n) is 15.5. The van der Waals surface area contributed by atoms with Gasteiger partial charge in [0.25, 0.3) is 5.91 Å². The number of carbonyl (C=O) groups excluding carboxylic acids is 1. The van der Waals surface area contributed by atoms with Gasteiger partial charge < -0.3 is 14.5 Å². The largest absolute Gasteiger partial charge is 0.368 e. The van der Waals surface area contributed by atoms with Crippen molar-refractivity contribution in [3.05, 3.63) is 23.8 Å². The molecule has 0 bridgehead atoms. The fraction of sp³-hybridized carbons (Fsp3) is 0.737. The quantitative estimate of drug-likeness (QED) is 0.815. The molecule has 0 aromatic carbocycles. The highest BCUT2D eigenvalue weighted by molar-refractivity contribution is 5.81. The van der Waals surface area contributed by atoms with Crippen molar-refractivity contribution in [3.63, 3.8) is 0 Å².